The average Bonchev–Trinajstić information content (AvgIpc) is 3.82. The fraction of sp³-hybridized carbons (Fsp3) is 0.475. The van der Waals surface area contributed by atoms with Crippen LogP contribution in [0.25, 0.3) is 10.9 Å². The zero-order valence-corrected chi connectivity index (χ0v) is 33.1. The first-order chi connectivity index (χ1) is 26.6. The molecule has 12 nitrogen and oxygen atoms in total. The van der Waals surface area contributed by atoms with Crippen molar-refractivity contribution in [2.75, 3.05) is 13.7 Å². The number of aromatic amines is 1. The number of fused-ring (bicyclic) bond motifs is 3. The highest BCUT2D eigenvalue weighted by molar-refractivity contribution is 7.09. The molecule has 0 spiro atoms. The zero-order chi connectivity index (χ0) is 40.8. The van der Waals surface area contributed by atoms with Gasteiger partial charge in [0.05, 0.1) is 30.8 Å². The number of benzene rings is 2. The number of hydrogen-bond acceptors (Lipinski definition) is 8. The third-order valence-corrected chi connectivity index (χ3v) is 11.5. The van der Waals surface area contributed by atoms with Gasteiger partial charge in [-0.05, 0) is 60.9 Å². The average molecular weight is 799 g/mol. The molecule has 1 aliphatic carbocycles. The molecule has 1 aliphatic rings. The highest BCUT2D eigenvalue weighted by atomic mass is 32.1. The minimum atomic E-state index is -4.63. The summed E-state index contributed by atoms with van der Waals surface area (Å²) in [5, 5.41) is 14.0. The van der Waals surface area contributed by atoms with Crippen LogP contribution in [-0.2, 0) is 39.9 Å². The van der Waals surface area contributed by atoms with Crippen molar-refractivity contribution in [3.63, 3.8) is 0 Å². The Morgan fingerprint density at radius 2 is 1.71 bits per heavy atom. The molecule has 2 aromatic heterocycles. The first-order valence-corrected chi connectivity index (χ1v) is 19.6. The van der Waals surface area contributed by atoms with Crippen molar-refractivity contribution in [2.24, 2.45) is 11.8 Å². The molecule has 0 bridgehead atoms. The Morgan fingerprint density at radius 1 is 1.00 bits per heavy atom. The fourth-order valence-electron chi connectivity index (χ4n) is 6.89. The van der Waals surface area contributed by atoms with E-state index in [1.165, 1.54) is 17.4 Å². The smallest absolute Gasteiger partial charge is 0.418 e. The highest BCUT2D eigenvalue weighted by Gasteiger charge is 2.47. The molecular weight excluding hydrogens is 750 g/mol. The summed E-state index contributed by atoms with van der Waals surface area (Å²) in [6, 6.07) is 8.69. The number of urea groups is 1. The summed E-state index contributed by atoms with van der Waals surface area (Å²) in [4.78, 5) is 62.4. The number of carbonyl (C=O) groups excluding carboxylic acids is 4. The molecule has 2 heterocycles. The molecule has 0 fully saturated rings. The van der Waals surface area contributed by atoms with Crippen LogP contribution in [0.2, 0.25) is 0 Å². The maximum atomic E-state index is 14.8. The van der Waals surface area contributed by atoms with E-state index in [0.717, 1.165) is 11.6 Å². The van der Waals surface area contributed by atoms with E-state index in [4.69, 9.17) is 9.47 Å². The number of para-hydroxylation sites is 1. The van der Waals surface area contributed by atoms with Gasteiger partial charge in [-0.1, -0.05) is 64.8 Å². The van der Waals surface area contributed by atoms with Crippen molar-refractivity contribution in [1.29, 1.82) is 0 Å². The van der Waals surface area contributed by atoms with Gasteiger partial charge in [-0.3, -0.25) is 9.59 Å². The predicted molar refractivity (Wildman–Crippen MR) is 206 cm³/mol. The molecule has 2 aromatic carbocycles. The lowest BCUT2D eigenvalue weighted by Crippen LogP contribution is -2.65. The Hall–Kier alpha value is -5.12. The molecule has 4 amide bonds. The molecule has 5 atom stereocenters. The van der Waals surface area contributed by atoms with Gasteiger partial charge < -0.3 is 35.7 Å². The van der Waals surface area contributed by atoms with Crippen LogP contribution in [-0.4, -0.2) is 59.1 Å². The summed E-state index contributed by atoms with van der Waals surface area (Å²) in [5.41, 5.74) is -0.634. The van der Waals surface area contributed by atoms with Crippen LogP contribution in [0, 0.1) is 11.8 Å². The summed E-state index contributed by atoms with van der Waals surface area (Å²) < 4.78 is 52.6. The van der Waals surface area contributed by atoms with E-state index in [1.807, 2.05) is 20.8 Å². The summed E-state index contributed by atoms with van der Waals surface area (Å²) in [6.45, 7) is 9.57. The topological polar surface area (TPSA) is 164 Å². The molecule has 16 heteroatoms. The summed E-state index contributed by atoms with van der Waals surface area (Å²) >= 11 is 1.19. The van der Waals surface area contributed by atoms with Gasteiger partial charge >= 0.3 is 18.2 Å². The van der Waals surface area contributed by atoms with E-state index in [2.05, 4.69) is 31.2 Å². The number of aromatic nitrogens is 2. The van der Waals surface area contributed by atoms with Crippen molar-refractivity contribution in [2.45, 2.75) is 97.1 Å². The number of halogens is 3. The van der Waals surface area contributed by atoms with Crippen LogP contribution in [0.5, 0.6) is 5.75 Å². The highest BCUT2D eigenvalue weighted by Crippen LogP contribution is 2.40. The van der Waals surface area contributed by atoms with Gasteiger partial charge in [0.25, 0.3) is 0 Å². The third kappa shape index (κ3) is 9.28. The van der Waals surface area contributed by atoms with E-state index >= 15 is 0 Å². The van der Waals surface area contributed by atoms with Gasteiger partial charge in [0.1, 0.15) is 22.3 Å². The molecule has 4 aromatic rings. The van der Waals surface area contributed by atoms with Gasteiger partial charge in [-0.25, -0.2) is 14.6 Å². The maximum absolute atomic E-state index is 14.8. The maximum Gasteiger partial charge on any atom is 0.418 e. The van der Waals surface area contributed by atoms with E-state index in [9.17, 15) is 32.3 Å². The van der Waals surface area contributed by atoms with Crippen LogP contribution >= 0.6 is 11.3 Å². The molecule has 5 rings (SSSR count). The number of aryl methyl sites for hydroxylation is 1. The number of amides is 4. The van der Waals surface area contributed by atoms with E-state index < -0.39 is 53.2 Å². The first kappa shape index (κ1) is 42.0. The molecule has 0 saturated heterocycles. The molecule has 56 heavy (non-hydrogen) atoms. The zero-order valence-electron chi connectivity index (χ0n) is 32.3. The van der Waals surface area contributed by atoms with Gasteiger partial charge in [-0.2, -0.15) is 13.2 Å². The van der Waals surface area contributed by atoms with Crippen molar-refractivity contribution < 1.29 is 41.8 Å². The molecule has 0 aliphatic heterocycles. The Morgan fingerprint density at radius 3 is 2.36 bits per heavy atom. The monoisotopic (exact) mass is 798 g/mol. The van der Waals surface area contributed by atoms with Gasteiger partial charge in [-0.15, -0.1) is 11.3 Å². The van der Waals surface area contributed by atoms with Gasteiger partial charge in [0, 0.05) is 29.4 Å². The van der Waals surface area contributed by atoms with Crippen molar-refractivity contribution >= 4 is 46.1 Å². The number of esters is 1. The SMILES string of the molecule is CCOC(=O)c1csc([C@@H](NC(=O)[C@@]2(NC(=O)[C@@H](NC(=O)NCc3ccc(OC)cc3)[C@@H](C)CC)CCc3[nH]c4c(C(F)(F)F)cccc4c3C2)[C@@H](C)CC)n1. The Labute approximate surface area is 327 Å². The van der Waals surface area contributed by atoms with E-state index in [1.54, 1.807) is 56.7 Å². The Kier molecular flexibility index (Phi) is 13.3. The second kappa shape index (κ2) is 17.8. The first-order valence-electron chi connectivity index (χ1n) is 18.8. The standard InChI is InChI=1S/C40H49F3N6O6S/c1-7-22(4)31(48-38(53)44-20-24-13-15-25(54-6)16-14-24)34(50)49-39(18-17-29-27(19-39)26-11-10-12-28(33(26)45-29)40(41,42)43)37(52)47-32(23(5)8-2)35-46-30(21-56-35)36(51)55-9-3/h10-16,21-23,31-32,45H,7-9,17-20H2,1-6H3,(H,47,52)(H,49,50)(H2,44,48,53)/t22-,23-,31-,32-,39+/m0/s1. The molecule has 302 valence electrons. The summed E-state index contributed by atoms with van der Waals surface area (Å²) in [5.74, 6) is -1.65. The molecule has 0 unspecified atom stereocenters. The number of thiazole rings is 1. The number of ether oxygens (including phenoxy) is 2. The van der Waals surface area contributed by atoms with E-state index in [0.29, 0.717) is 40.2 Å². The molecule has 5 N–H and O–H groups in total. The third-order valence-electron chi connectivity index (χ3n) is 10.6. The minimum Gasteiger partial charge on any atom is -0.497 e. The van der Waals surface area contributed by atoms with Crippen LogP contribution < -0.4 is 26.0 Å². The second-order valence-electron chi connectivity index (χ2n) is 14.2. The number of hydrogen-bond donors (Lipinski definition) is 5. The Balaban J connectivity index is 1.49. The minimum absolute atomic E-state index is 0.0435. The molecule has 0 radical (unpaired) electrons. The quantitative estimate of drug-likeness (QED) is 0.0810. The number of nitrogens with one attached hydrogen (secondary N) is 5. The lowest BCUT2D eigenvalue weighted by atomic mass is 9.78. The summed E-state index contributed by atoms with van der Waals surface area (Å²) in [6.07, 6.45) is -3.43. The van der Waals surface area contributed by atoms with Crippen LogP contribution in [0.15, 0.2) is 47.8 Å². The largest absolute Gasteiger partial charge is 0.497 e. The number of rotatable bonds is 15. The van der Waals surface area contributed by atoms with Crippen LogP contribution in [0.3, 0.4) is 0 Å². The molecule has 0 saturated carbocycles. The second-order valence-corrected chi connectivity index (χ2v) is 15.1. The predicted octanol–water partition coefficient (Wildman–Crippen LogP) is 6.99. The van der Waals surface area contributed by atoms with Crippen molar-refractivity contribution in [3.8, 4) is 5.75 Å². The summed E-state index contributed by atoms with van der Waals surface area (Å²) in [7, 11) is 1.55. The number of carbonyl (C=O) groups is 4. The van der Waals surface area contributed by atoms with Crippen LogP contribution in [0.4, 0.5) is 18.0 Å². The van der Waals surface area contributed by atoms with Gasteiger partial charge in [0.15, 0.2) is 5.69 Å². The number of alkyl halides is 3. The number of nitrogens with zero attached hydrogens (tertiary/aromatic N) is 1. The number of methoxy groups -OCH3 is 1. The Bertz CT molecular complexity index is 2030. The normalized spacial score (nSPS) is 17.5. The number of H-pyrrole nitrogens is 1. The van der Waals surface area contributed by atoms with E-state index in [-0.39, 0.29) is 55.5 Å². The van der Waals surface area contributed by atoms with Crippen molar-refractivity contribution in [1.82, 2.24) is 31.2 Å². The van der Waals surface area contributed by atoms with Crippen molar-refractivity contribution in [3.05, 3.63) is 80.9 Å². The lowest BCUT2D eigenvalue weighted by Gasteiger charge is -2.39. The molecular formula is C40H49F3N6O6S. The van der Waals surface area contributed by atoms with Gasteiger partial charge in [0.2, 0.25) is 11.8 Å². The van der Waals surface area contributed by atoms with Crippen LogP contribution in [0.1, 0.15) is 97.8 Å². The fourth-order valence-corrected chi connectivity index (χ4v) is 7.86. The lowest BCUT2D eigenvalue weighted by molar-refractivity contribution is -0.136.